The van der Waals surface area contributed by atoms with Gasteiger partial charge in [0, 0.05) is 57.7 Å². The molecule has 0 aliphatic heterocycles. The van der Waals surface area contributed by atoms with E-state index in [0.29, 0.717) is 0 Å². The summed E-state index contributed by atoms with van der Waals surface area (Å²) in [5.41, 5.74) is 4.18. The van der Waals surface area contributed by atoms with Gasteiger partial charge in [-0.1, -0.05) is 87.9 Å². The Morgan fingerprint density at radius 2 is 0.956 bits per heavy atom. The summed E-state index contributed by atoms with van der Waals surface area (Å²) in [5, 5.41) is 11.0. The first-order valence-electron chi connectivity index (χ1n) is 17.4. The second kappa shape index (κ2) is 20.5. The summed E-state index contributed by atoms with van der Waals surface area (Å²) in [6, 6.07) is 16.0. The molecule has 2 heterocycles. The lowest BCUT2D eigenvalue weighted by atomic mass is 10.1. The van der Waals surface area contributed by atoms with Crippen LogP contribution in [0.3, 0.4) is 0 Å². The molecule has 0 saturated carbocycles. The first-order chi connectivity index (χ1) is 22.1. The average molecular weight is 651 g/mol. The maximum atomic E-state index is 6.14. The molecule has 4 rings (SSSR count). The smallest absolute Gasteiger partial charge is 0.0737 e. The van der Waals surface area contributed by atoms with Crippen molar-refractivity contribution in [3.8, 4) is 0 Å². The molecule has 2 aromatic heterocycles. The van der Waals surface area contributed by atoms with E-state index in [9.17, 15) is 0 Å². The summed E-state index contributed by atoms with van der Waals surface area (Å²) in [5.74, 6) is 0. The fourth-order valence-corrected chi connectivity index (χ4v) is 6.41. The Morgan fingerprint density at radius 1 is 0.533 bits per heavy atom. The average Bonchev–Trinajstić information content (AvgIpc) is 3.04. The molecule has 7 heteroatoms. The third-order valence-electron chi connectivity index (χ3n) is 8.67. The van der Waals surface area contributed by atoms with Crippen LogP contribution >= 0.6 is 23.2 Å². The van der Waals surface area contributed by atoms with E-state index in [1.54, 1.807) is 0 Å². The summed E-state index contributed by atoms with van der Waals surface area (Å²) < 4.78 is 0. The quantitative estimate of drug-likeness (QED) is 0.0783. The van der Waals surface area contributed by atoms with Crippen molar-refractivity contribution in [1.29, 1.82) is 0 Å². The Hall–Kier alpha value is -2.60. The standard InChI is InChI=1S/C38H53Cl2N5/c1-2-3-4-5-8-13-26-45(27-14-9-6-11-22-41-35-20-24-43-37-29-31(39)16-18-33(35)37)28-15-10-7-12-23-42-36-21-25-44-38-30-32(40)17-19-34(36)38/h16-21,24-25,29-30H,2-15,22-23,26-28H2,1H3,(H,41,43)(H,42,44). The molecule has 0 fully saturated rings. The van der Waals surface area contributed by atoms with Crippen LogP contribution in [0.15, 0.2) is 60.9 Å². The number of pyridine rings is 2. The van der Waals surface area contributed by atoms with Gasteiger partial charge in [-0.2, -0.15) is 0 Å². The molecule has 0 aliphatic carbocycles. The van der Waals surface area contributed by atoms with Crippen LogP contribution in [0.2, 0.25) is 10.0 Å². The van der Waals surface area contributed by atoms with Gasteiger partial charge >= 0.3 is 0 Å². The highest BCUT2D eigenvalue weighted by atomic mass is 35.5. The SMILES string of the molecule is CCCCCCCCN(CCCCCCNc1ccnc2cc(Cl)ccc12)CCCCCCNc1ccnc2cc(Cl)ccc12. The largest absolute Gasteiger partial charge is 0.384 e. The molecule has 0 radical (unpaired) electrons. The Balaban J connectivity index is 1.10. The van der Waals surface area contributed by atoms with E-state index in [1.165, 1.54) is 110 Å². The molecule has 5 nitrogen and oxygen atoms in total. The van der Waals surface area contributed by atoms with E-state index in [-0.39, 0.29) is 0 Å². The van der Waals surface area contributed by atoms with E-state index in [1.807, 2.05) is 36.7 Å². The molecule has 0 unspecified atom stereocenters. The molecule has 0 saturated heterocycles. The summed E-state index contributed by atoms with van der Waals surface area (Å²) >= 11 is 12.3. The fraction of sp³-hybridized carbons (Fsp3) is 0.526. The van der Waals surface area contributed by atoms with Gasteiger partial charge in [0.25, 0.3) is 0 Å². The number of unbranched alkanes of at least 4 members (excludes halogenated alkanes) is 11. The number of rotatable bonds is 23. The Kier molecular flexibility index (Phi) is 16.1. The second-order valence-electron chi connectivity index (χ2n) is 12.3. The summed E-state index contributed by atoms with van der Waals surface area (Å²) in [7, 11) is 0. The van der Waals surface area contributed by atoms with Crippen molar-refractivity contribution >= 4 is 56.4 Å². The molecule has 0 aliphatic rings. The predicted molar refractivity (Wildman–Crippen MR) is 197 cm³/mol. The molecule has 0 spiro atoms. The molecule has 45 heavy (non-hydrogen) atoms. The second-order valence-corrected chi connectivity index (χ2v) is 13.2. The minimum Gasteiger partial charge on any atom is -0.384 e. The maximum absolute atomic E-state index is 6.14. The molecule has 244 valence electrons. The van der Waals surface area contributed by atoms with Crippen LogP contribution in [-0.2, 0) is 0 Å². The zero-order valence-electron chi connectivity index (χ0n) is 27.3. The molecular formula is C38H53Cl2N5. The fourth-order valence-electron chi connectivity index (χ4n) is 6.08. The van der Waals surface area contributed by atoms with E-state index >= 15 is 0 Å². The maximum Gasteiger partial charge on any atom is 0.0737 e. The molecule has 0 atom stereocenters. The van der Waals surface area contributed by atoms with Gasteiger partial charge in [-0.3, -0.25) is 9.97 Å². The number of nitrogens with zero attached hydrogens (tertiary/aromatic N) is 3. The number of anilines is 2. The van der Waals surface area contributed by atoms with Crippen LogP contribution in [0.25, 0.3) is 21.8 Å². The van der Waals surface area contributed by atoms with Gasteiger partial charge in [0.2, 0.25) is 0 Å². The summed E-state index contributed by atoms with van der Waals surface area (Å²) in [6.45, 7) is 8.00. The Morgan fingerprint density at radius 3 is 1.42 bits per heavy atom. The van der Waals surface area contributed by atoms with Crippen molar-refractivity contribution < 1.29 is 0 Å². The molecule has 0 amide bonds. The number of hydrogen-bond acceptors (Lipinski definition) is 5. The van der Waals surface area contributed by atoms with Crippen LogP contribution < -0.4 is 10.6 Å². The first-order valence-corrected chi connectivity index (χ1v) is 18.2. The van der Waals surface area contributed by atoms with Gasteiger partial charge in [-0.25, -0.2) is 0 Å². The minimum absolute atomic E-state index is 0.729. The number of halogens is 2. The van der Waals surface area contributed by atoms with Gasteiger partial charge < -0.3 is 15.5 Å². The molecule has 2 N–H and O–H groups in total. The summed E-state index contributed by atoms with van der Waals surface area (Å²) in [4.78, 5) is 11.7. The van der Waals surface area contributed by atoms with Crippen molar-refractivity contribution in [3.05, 3.63) is 71.0 Å². The lowest BCUT2D eigenvalue weighted by molar-refractivity contribution is 0.254. The van der Waals surface area contributed by atoms with Crippen LogP contribution in [-0.4, -0.2) is 47.6 Å². The number of benzene rings is 2. The molecule has 2 aromatic carbocycles. The van der Waals surface area contributed by atoms with E-state index in [2.05, 4.69) is 56.7 Å². The Labute approximate surface area is 281 Å². The van der Waals surface area contributed by atoms with E-state index in [4.69, 9.17) is 23.2 Å². The highest BCUT2D eigenvalue weighted by molar-refractivity contribution is 6.31. The molecule has 0 bridgehead atoms. The normalized spacial score (nSPS) is 11.6. The van der Waals surface area contributed by atoms with Crippen LogP contribution in [0.5, 0.6) is 0 Å². The van der Waals surface area contributed by atoms with Gasteiger partial charge in [-0.05, 0) is 100 Å². The predicted octanol–water partition coefficient (Wildman–Crippen LogP) is 11.4. The minimum atomic E-state index is 0.729. The van der Waals surface area contributed by atoms with Gasteiger partial charge in [-0.15, -0.1) is 0 Å². The zero-order chi connectivity index (χ0) is 31.5. The highest BCUT2D eigenvalue weighted by Gasteiger charge is 2.07. The number of fused-ring (bicyclic) bond motifs is 2. The summed E-state index contributed by atoms with van der Waals surface area (Å²) in [6.07, 6.45) is 22.0. The monoisotopic (exact) mass is 649 g/mol. The van der Waals surface area contributed by atoms with Crippen molar-refractivity contribution in [2.45, 2.75) is 96.8 Å². The van der Waals surface area contributed by atoms with Crippen molar-refractivity contribution in [2.75, 3.05) is 43.4 Å². The topological polar surface area (TPSA) is 53.1 Å². The first kappa shape index (κ1) is 35.3. The number of nitrogens with one attached hydrogen (secondary N) is 2. The van der Waals surface area contributed by atoms with Crippen molar-refractivity contribution in [2.24, 2.45) is 0 Å². The molecular weight excluding hydrogens is 597 g/mol. The number of hydrogen-bond donors (Lipinski definition) is 2. The molecule has 4 aromatic rings. The van der Waals surface area contributed by atoms with Crippen LogP contribution in [0, 0.1) is 0 Å². The lowest BCUT2D eigenvalue weighted by Crippen LogP contribution is -2.27. The van der Waals surface area contributed by atoms with Crippen molar-refractivity contribution in [3.63, 3.8) is 0 Å². The zero-order valence-corrected chi connectivity index (χ0v) is 28.8. The van der Waals surface area contributed by atoms with E-state index < -0.39 is 0 Å². The van der Waals surface area contributed by atoms with Crippen LogP contribution in [0.1, 0.15) is 96.8 Å². The lowest BCUT2D eigenvalue weighted by Gasteiger charge is -2.22. The number of aromatic nitrogens is 2. The van der Waals surface area contributed by atoms with Crippen molar-refractivity contribution in [1.82, 2.24) is 14.9 Å². The van der Waals surface area contributed by atoms with Gasteiger partial charge in [0.05, 0.1) is 11.0 Å². The Bertz CT molecular complexity index is 1310. The van der Waals surface area contributed by atoms with Crippen LogP contribution in [0.4, 0.5) is 11.4 Å². The van der Waals surface area contributed by atoms with Gasteiger partial charge in [0.15, 0.2) is 0 Å². The van der Waals surface area contributed by atoms with Gasteiger partial charge in [0.1, 0.15) is 0 Å². The highest BCUT2D eigenvalue weighted by Crippen LogP contribution is 2.25. The third-order valence-corrected chi connectivity index (χ3v) is 9.14. The van der Waals surface area contributed by atoms with E-state index in [0.717, 1.165) is 56.3 Å². The third kappa shape index (κ3) is 12.6.